The number of nitrogens with zero attached hydrogens (tertiary/aromatic N) is 3. The van der Waals surface area contributed by atoms with Crippen LogP contribution in [0.3, 0.4) is 0 Å². The molecule has 0 aliphatic heterocycles. The van der Waals surface area contributed by atoms with Crippen molar-refractivity contribution in [2.45, 2.75) is 18.9 Å². The van der Waals surface area contributed by atoms with Gasteiger partial charge in [0.15, 0.2) is 0 Å². The Balaban J connectivity index is 1.51. The summed E-state index contributed by atoms with van der Waals surface area (Å²) >= 11 is 0. The van der Waals surface area contributed by atoms with Gasteiger partial charge in [-0.2, -0.15) is 0 Å². The van der Waals surface area contributed by atoms with Crippen LogP contribution >= 0.6 is 0 Å². The molecule has 3 aromatic rings. The van der Waals surface area contributed by atoms with E-state index in [0.29, 0.717) is 31.2 Å². The van der Waals surface area contributed by atoms with E-state index >= 15 is 0 Å². The first-order chi connectivity index (χ1) is 14.1. The number of ether oxygens (including phenoxy) is 1. The van der Waals surface area contributed by atoms with Crippen molar-refractivity contribution in [3.8, 4) is 17.2 Å². The van der Waals surface area contributed by atoms with Crippen molar-refractivity contribution in [1.82, 2.24) is 20.4 Å². The van der Waals surface area contributed by atoms with Crippen molar-refractivity contribution < 1.29 is 13.9 Å². The summed E-state index contributed by atoms with van der Waals surface area (Å²) in [5.74, 6) is 1.68. The summed E-state index contributed by atoms with van der Waals surface area (Å²) in [5.41, 5.74) is 1.98. The Morgan fingerprint density at radius 3 is 2.48 bits per heavy atom. The van der Waals surface area contributed by atoms with Crippen molar-refractivity contribution >= 4 is 5.91 Å². The first-order valence-corrected chi connectivity index (χ1v) is 9.51. The number of benzene rings is 2. The predicted octanol–water partition coefficient (Wildman–Crippen LogP) is 3.10. The molecule has 0 fully saturated rings. The molecule has 1 atom stereocenters. The molecule has 0 aliphatic rings. The average Bonchev–Trinajstić information content (AvgIpc) is 3.22. The molecule has 7 nitrogen and oxygen atoms in total. The molecule has 152 valence electrons. The summed E-state index contributed by atoms with van der Waals surface area (Å²) in [6, 6.07) is 17.5. The van der Waals surface area contributed by atoms with Gasteiger partial charge in [0, 0.05) is 24.9 Å². The molecular formula is C22H26N4O3. The molecule has 0 radical (unpaired) electrons. The van der Waals surface area contributed by atoms with E-state index in [1.807, 2.05) is 68.7 Å². The fraction of sp³-hybridized carbons (Fsp3) is 0.318. The summed E-state index contributed by atoms with van der Waals surface area (Å²) < 4.78 is 10.9. The van der Waals surface area contributed by atoms with Crippen LogP contribution in [0.25, 0.3) is 11.5 Å². The molecule has 0 aliphatic carbocycles. The highest BCUT2D eigenvalue weighted by Gasteiger charge is 2.16. The number of nitrogens with one attached hydrogen (secondary N) is 1. The lowest BCUT2D eigenvalue weighted by molar-refractivity contribution is -0.121. The third-order valence-electron chi connectivity index (χ3n) is 4.67. The van der Waals surface area contributed by atoms with Crippen LogP contribution in [-0.4, -0.2) is 48.8 Å². The van der Waals surface area contributed by atoms with Crippen molar-refractivity contribution in [1.29, 1.82) is 0 Å². The Labute approximate surface area is 170 Å². The van der Waals surface area contributed by atoms with Crippen LogP contribution in [0.4, 0.5) is 0 Å². The highest BCUT2D eigenvalue weighted by atomic mass is 16.5. The molecule has 2 aromatic carbocycles. The fourth-order valence-electron chi connectivity index (χ4n) is 3.00. The minimum Gasteiger partial charge on any atom is -0.497 e. The van der Waals surface area contributed by atoms with Crippen LogP contribution in [0.5, 0.6) is 5.75 Å². The summed E-state index contributed by atoms with van der Waals surface area (Å²) in [6.07, 6.45) is 0.694. The van der Waals surface area contributed by atoms with Gasteiger partial charge in [-0.15, -0.1) is 10.2 Å². The van der Waals surface area contributed by atoms with Crippen LogP contribution < -0.4 is 10.1 Å². The molecule has 3 rings (SSSR count). The quantitative estimate of drug-likeness (QED) is 0.601. The summed E-state index contributed by atoms with van der Waals surface area (Å²) in [7, 11) is 5.63. The van der Waals surface area contributed by atoms with Gasteiger partial charge in [-0.1, -0.05) is 30.3 Å². The van der Waals surface area contributed by atoms with E-state index in [2.05, 4.69) is 20.4 Å². The lowest BCUT2D eigenvalue weighted by atomic mass is 10.1. The number of methoxy groups -OCH3 is 1. The Hall–Kier alpha value is -3.19. The first kappa shape index (κ1) is 20.5. The molecule has 0 saturated carbocycles. The van der Waals surface area contributed by atoms with E-state index in [1.54, 1.807) is 7.11 Å². The van der Waals surface area contributed by atoms with Crippen molar-refractivity contribution in [3.05, 3.63) is 66.1 Å². The van der Waals surface area contributed by atoms with Crippen LogP contribution in [0.2, 0.25) is 0 Å². The number of hydrogen-bond acceptors (Lipinski definition) is 6. The standard InChI is InChI=1S/C22H26N4O3/c1-26(2)19(16-9-11-18(28-3)12-10-16)15-23-20(27)13-14-21-24-25-22(29-21)17-7-5-4-6-8-17/h4-12,19H,13-15H2,1-3H3,(H,23,27)/t19-/m0/s1. The minimum atomic E-state index is -0.0511. The monoisotopic (exact) mass is 394 g/mol. The number of carbonyl (C=O) groups excluding carboxylic acids is 1. The molecule has 1 aromatic heterocycles. The van der Waals surface area contributed by atoms with E-state index < -0.39 is 0 Å². The Kier molecular flexibility index (Phi) is 6.97. The maximum Gasteiger partial charge on any atom is 0.247 e. The second-order valence-electron chi connectivity index (χ2n) is 6.92. The highest BCUT2D eigenvalue weighted by molar-refractivity contribution is 5.76. The van der Waals surface area contributed by atoms with Gasteiger partial charge in [-0.3, -0.25) is 4.79 Å². The molecule has 0 unspecified atom stereocenters. The Bertz CT molecular complexity index is 907. The predicted molar refractivity (Wildman–Crippen MR) is 110 cm³/mol. The van der Waals surface area contributed by atoms with Crippen molar-refractivity contribution in [3.63, 3.8) is 0 Å². The van der Waals surface area contributed by atoms with E-state index in [0.717, 1.165) is 16.9 Å². The van der Waals surface area contributed by atoms with Crippen LogP contribution in [0, 0.1) is 0 Å². The van der Waals surface area contributed by atoms with E-state index in [4.69, 9.17) is 9.15 Å². The maximum absolute atomic E-state index is 12.3. The molecule has 1 N–H and O–H groups in total. The maximum atomic E-state index is 12.3. The molecule has 1 amide bonds. The second kappa shape index (κ2) is 9.84. The smallest absolute Gasteiger partial charge is 0.247 e. The Morgan fingerprint density at radius 1 is 1.10 bits per heavy atom. The van der Waals surface area contributed by atoms with Crippen LogP contribution in [0.1, 0.15) is 23.9 Å². The topological polar surface area (TPSA) is 80.5 Å². The summed E-state index contributed by atoms with van der Waals surface area (Å²) in [6.45, 7) is 0.511. The van der Waals surface area contributed by atoms with Crippen molar-refractivity contribution in [2.75, 3.05) is 27.7 Å². The van der Waals surface area contributed by atoms with Crippen molar-refractivity contribution in [2.24, 2.45) is 0 Å². The number of rotatable bonds is 9. The second-order valence-corrected chi connectivity index (χ2v) is 6.92. The van der Waals surface area contributed by atoms with Gasteiger partial charge in [0.05, 0.1) is 13.2 Å². The highest BCUT2D eigenvalue weighted by Crippen LogP contribution is 2.21. The third kappa shape index (κ3) is 5.65. The van der Waals surface area contributed by atoms with Crippen LogP contribution in [-0.2, 0) is 11.2 Å². The van der Waals surface area contributed by atoms with E-state index in [9.17, 15) is 4.79 Å². The van der Waals surface area contributed by atoms with Gasteiger partial charge in [-0.05, 0) is 43.9 Å². The van der Waals surface area contributed by atoms with Gasteiger partial charge in [0.25, 0.3) is 0 Å². The molecule has 0 saturated heterocycles. The molecular weight excluding hydrogens is 368 g/mol. The van der Waals surface area contributed by atoms with Gasteiger partial charge >= 0.3 is 0 Å². The number of likely N-dealkylation sites (N-methyl/N-ethyl adjacent to an activating group) is 1. The van der Waals surface area contributed by atoms with Gasteiger partial charge in [-0.25, -0.2) is 0 Å². The zero-order valence-electron chi connectivity index (χ0n) is 17.0. The molecule has 7 heteroatoms. The van der Waals surface area contributed by atoms with E-state index in [1.165, 1.54) is 0 Å². The molecule has 29 heavy (non-hydrogen) atoms. The molecule has 1 heterocycles. The largest absolute Gasteiger partial charge is 0.497 e. The minimum absolute atomic E-state index is 0.0511. The summed E-state index contributed by atoms with van der Waals surface area (Å²) in [5, 5.41) is 11.1. The SMILES string of the molecule is COc1ccc([C@H](CNC(=O)CCc2nnc(-c3ccccc3)o2)N(C)C)cc1. The number of amides is 1. The van der Waals surface area contributed by atoms with E-state index in [-0.39, 0.29) is 11.9 Å². The molecule has 0 bridgehead atoms. The summed E-state index contributed by atoms with van der Waals surface area (Å²) in [4.78, 5) is 14.4. The zero-order valence-corrected chi connectivity index (χ0v) is 17.0. The lowest BCUT2D eigenvalue weighted by Crippen LogP contribution is -2.34. The zero-order chi connectivity index (χ0) is 20.6. The molecule has 0 spiro atoms. The fourth-order valence-corrected chi connectivity index (χ4v) is 3.00. The number of hydrogen-bond donors (Lipinski definition) is 1. The average molecular weight is 394 g/mol. The first-order valence-electron chi connectivity index (χ1n) is 9.51. The number of carbonyl (C=O) groups is 1. The number of aryl methyl sites for hydroxylation is 1. The third-order valence-corrected chi connectivity index (χ3v) is 4.67. The number of aromatic nitrogens is 2. The van der Waals surface area contributed by atoms with Gasteiger partial charge < -0.3 is 19.4 Å². The normalized spacial score (nSPS) is 12.0. The van der Waals surface area contributed by atoms with Gasteiger partial charge in [0.1, 0.15) is 5.75 Å². The van der Waals surface area contributed by atoms with Gasteiger partial charge in [0.2, 0.25) is 17.7 Å². The Morgan fingerprint density at radius 2 is 1.83 bits per heavy atom. The van der Waals surface area contributed by atoms with Crippen LogP contribution in [0.15, 0.2) is 59.0 Å². The lowest BCUT2D eigenvalue weighted by Gasteiger charge is -2.25.